The predicted molar refractivity (Wildman–Crippen MR) is 110 cm³/mol. The van der Waals surface area contributed by atoms with Crippen molar-refractivity contribution in [2.24, 2.45) is 24.1 Å². The van der Waals surface area contributed by atoms with Crippen LogP contribution in [-0.4, -0.2) is 34.6 Å². The van der Waals surface area contributed by atoms with Crippen molar-refractivity contribution in [3.8, 4) is 11.1 Å². The molecule has 0 radical (unpaired) electrons. The normalized spacial score (nSPS) is 25.5. The number of nitrogens with zero attached hydrogens (tertiary/aromatic N) is 3. The summed E-state index contributed by atoms with van der Waals surface area (Å²) in [5, 5.41) is 0. The maximum Gasteiger partial charge on any atom is 0.265 e. The van der Waals surface area contributed by atoms with Crippen LogP contribution in [0.25, 0.3) is 11.1 Å². The second-order valence-electron chi connectivity index (χ2n) is 8.51. The Balaban J connectivity index is 1.61. The number of anilines is 2. The Kier molecular flexibility index (Phi) is 4.64. The summed E-state index contributed by atoms with van der Waals surface area (Å²) < 4.78 is 30.2. The van der Waals surface area contributed by atoms with E-state index in [1.807, 2.05) is 35.2 Å². The molecule has 0 bridgehead atoms. The molecule has 2 fully saturated rings. The fourth-order valence-corrected chi connectivity index (χ4v) is 5.02. The fraction of sp³-hybridized carbons (Fsp3) is 0.524. The number of rotatable bonds is 2. The van der Waals surface area contributed by atoms with E-state index in [4.69, 9.17) is 11.5 Å². The first-order chi connectivity index (χ1) is 13.7. The standard InChI is InChI=1S/C21H27F2N5O/c1-13-12-20(18(25)21(13,22)23)8-10-28(11-9-20)19-26-16(24)15(17(29)27(19)2)14-6-4-3-5-7-14/h3-7,13,18H,8-12,24-25H2,1-2H3/t13-,18+/m1/s1. The van der Waals surface area contributed by atoms with Crippen LogP contribution in [0.2, 0.25) is 0 Å². The third-order valence-corrected chi connectivity index (χ3v) is 6.84. The van der Waals surface area contributed by atoms with Gasteiger partial charge in [-0.1, -0.05) is 37.3 Å². The van der Waals surface area contributed by atoms with Crippen LogP contribution in [0.1, 0.15) is 26.2 Å². The minimum atomic E-state index is -2.84. The lowest BCUT2D eigenvalue weighted by molar-refractivity contribution is -0.0556. The van der Waals surface area contributed by atoms with Crippen LogP contribution in [0.15, 0.2) is 35.1 Å². The minimum Gasteiger partial charge on any atom is -0.383 e. The molecule has 4 N–H and O–H groups in total. The molecule has 6 nitrogen and oxygen atoms in total. The van der Waals surface area contributed by atoms with Gasteiger partial charge in [0.1, 0.15) is 5.82 Å². The van der Waals surface area contributed by atoms with Crippen LogP contribution in [0, 0.1) is 11.3 Å². The largest absolute Gasteiger partial charge is 0.383 e. The fourth-order valence-electron chi connectivity index (χ4n) is 5.02. The van der Waals surface area contributed by atoms with Gasteiger partial charge in [0, 0.05) is 26.1 Å². The quantitative estimate of drug-likeness (QED) is 0.805. The first-order valence-electron chi connectivity index (χ1n) is 9.97. The number of benzene rings is 1. The summed E-state index contributed by atoms with van der Waals surface area (Å²) in [4.78, 5) is 19.4. The third-order valence-electron chi connectivity index (χ3n) is 6.84. The van der Waals surface area contributed by atoms with Gasteiger partial charge in [0.05, 0.1) is 11.6 Å². The molecule has 4 rings (SSSR count). The van der Waals surface area contributed by atoms with Crippen molar-refractivity contribution in [1.82, 2.24) is 9.55 Å². The molecule has 1 saturated carbocycles. The summed E-state index contributed by atoms with van der Waals surface area (Å²) in [6, 6.07) is 8.06. The van der Waals surface area contributed by atoms with Gasteiger partial charge in [0.2, 0.25) is 5.95 Å². The molecular weight excluding hydrogens is 376 g/mol. The van der Waals surface area contributed by atoms with E-state index < -0.39 is 23.3 Å². The Hall–Kier alpha value is -2.48. The molecule has 29 heavy (non-hydrogen) atoms. The van der Waals surface area contributed by atoms with Crippen molar-refractivity contribution in [2.75, 3.05) is 23.7 Å². The molecule has 156 valence electrons. The van der Waals surface area contributed by atoms with Crippen molar-refractivity contribution in [1.29, 1.82) is 0 Å². The molecule has 8 heteroatoms. The van der Waals surface area contributed by atoms with Crippen LogP contribution < -0.4 is 21.9 Å². The lowest BCUT2D eigenvalue weighted by atomic mass is 9.74. The molecule has 1 aromatic carbocycles. The average Bonchev–Trinajstić information content (AvgIpc) is 2.86. The topological polar surface area (TPSA) is 90.2 Å². The molecule has 2 aromatic rings. The van der Waals surface area contributed by atoms with Gasteiger partial charge in [-0.05, 0) is 30.2 Å². The van der Waals surface area contributed by atoms with Crippen LogP contribution >= 0.6 is 0 Å². The van der Waals surface area contributed by atoms with Gasteiger partial charge in [-0.2, -0.15) is 4.98 Å². The van der Waals surface area contributed by atoms with Crippen molar-refractivity contribution >= 4 is 11.8 Å². The number of nitrogen functional groups attached to an aromatic ring is 1. The first-order valence-corrected chi connectivity index (χ1v) is 9.97. The maximum absolute atomic E-state index is 14.3. The lowest BCUT2D eigenvalue weighted by Gasteiger charge is -2.43. The van der Waals surface area contributed by atoms with Crippen molar-refractivity contribution < 1.29 is 8.78 Å². The highest BCUT2D eigenvalue weighted by Crippen LogP contribution is 2.55. The molecule has 1 aliphatic carbocycles. The van der Waals surface area contributed by atoms with E-state index in [-0.39, 0.29) is 11.4 Å². The Morgan fingerprint density at radius 1 is 1.17 bits per heavy atom. The zero-order valence-corrected chi connectivity index (χ0v) is 16.7. The monoisotopic (exact) mass is 403 g/mol. The highest BCUT2D eigenvalue weighted by Gasteiger charge is 2.61. The van der Waals surface area contributed by atoms with Gasteiger partial charge in [0.25, 0.3) is 11.5 Å². The van der Waals surface area contributed by atoms with E-state index in [0.717, 1.165) is 5.56 Å². The van der Waals surface area contributed by atoms with Crippen LogP contribution in [0.3, 0.4) is 0 Å². The Labute approximate surface area is 168 Å². The summed E-state index contributed by atoms with van der Waals surface area (Å²) in [5.41, 5.74) is 12.5. The SMILES string of the molecule is C[C@@H]1CC2(CCN(c3nc(N)c(-c4ccccc4)c(=O)n3C)CC2)[C@H](N)C1(F)F. The third kappa shape index (κ3) is 3.01. The number of hydrogen-bond donors (Lipinski definition) is 2. The molecule has 1 spiro atoms. The summed E-state index contributed by atoms with van der Waals surface area (Å²) in [5.74, 6) is -2.91. The van der Waals surface area contributed by atoms with Crippen molar-refractivity contribution in [3.63, 3.8) is 0 Å². The lowest BCUT2D eigenvalue weighted by Crippen LogP contribution is -2.53. The van der Waals surface area contributed by atoms with E-state index in [1.54, 1.807) is 14.0 Å². The smallest absolute Gasteiger partial charge is 0.265 e. The minimum absolute atomic E-state index is 0.173. The molecule has 2 atom stereocenters. The molecular formula is C21H27F2N5O. The predicted octanol–water partition coefficient (Wildman–Crippen LogP) is 2.62. The van der Waals surface area contributed by atoms with Gasteiger partial charge in [-0.25, -0.2) is 8.78 Å². The summed E-state index contributed by atoms with van der Waals surface area (Å²) in [6.07, 6.45) is 1.52. The molecule has 0 amide bonds. The number of hydrogen-bond acceptors (Lipinski definition) is 5. The summed E-state index contributed by atoms with van der Waals surface area (Å²) in [7, 11) is 1.67. The van der Waals surface area contributed by atoms with Crippen molar-refractivity contribution in [3.05, 3.63) is 40.7 Å². The van der Waals surface area contributed by atoms with Crippen LogP contribution in [-0.2, 0) is 7.05 Å². The van der Waals surface area contributed by atoms with E-state index in [2.05, 4.69) is 4.98 Å². The Bertz CT molecular complexity index is 967. The van der Waals surface area contributed by atoms with E-state index >= 15 is 0 Å². The maximum atomic E-state index is 14.3. The van der Waals surface area contributed by atoms with Gasteiger partial charge in [0.15, 0.2) is 0 Å². The number of aromatic nitrogens is 2. The average molecular weight is 403 g/mol. The zero-order chi connectivity index (χ0) is 21.0. The summed E-state index contributed by atoms with van der Waals surface area (Å²) in [6.45, 7) is 2.61. The number of nitrogens with two attached hydrogens (primary N) is 2. The molecule has 1 aliphatic heterocycles. The highest BCUT2D eigenvalue weighted by atomic mass is 19.3. The van der Waals surface area contributed by atoms with Crippen LogP contribution in [0.4, 0.5) is 20.5 Å². The van der Waals surface area contributed by atoms with Gasteiger partial charge in [-0.15, -0.1) is 0 Å². The molecule has 1 saturated heterocycles. The van der Waals surface area contributed by atoms with E-state index in [0.29, 0.717) is 43.9 Å². The second-order valence-corrected chi connectivity index (χ2v) is 8.51. The highest BCUT2D eigenvalue weighted by molar-refractivity contribution is 5.73. The second kappa shape index (κ2) is 6.79. The van der Waals surface area contributed by atoms with E-state index in [9.17, 15) is 13.6 Å². The molecule has 0 unspecified atom stereocenters. The number of alkyl halides is 2. The van der Waals surface area contributed by atoms with Crippen molar-refractivity contribution in [2.45, 2.75) is 38.2 Å². The summed E-state index contributed by atoms with van der Waals surface area (Å²) >= 11 is 0. The van der Waals surface area contributed by atoms with E-state index in [1.165, 1.54) is 4.57 Å². The Morgan fingerprint density at radius 3 is 2.34 bits per heavy atom. The number of halogens is 2. The van der Waals surface area contributed by atoms with Crippen LogP contribution in [0.5, 0.6) is 0 Å². The van der Waals surface area contributed by atoms with Gasteiger partial charge >= 0.3 is 0 Å². The Morgan fingerprint density at radius 2 is 1.79 bits per heavy atom. The molecule has 1 aromatic heterocycles. The van der Waals surface area contributed by atoms with Gasteiger partial charge in [-0.3, -0.25) is 9.36 Å². The first kappa shape index (κ1) is 19.8. The van der Waals surface area contributed by atoms with Gasteiger partial charge < -0.3 is 16.4 Å². The number of piperidine rings is 1. The zero-order valence-electron chi connectivity index (χ0n) is 16.7. The molecule has 2 aliphatic rings. The molecule has 2 heterocycles.